The fourth-order valence-corrected chi connectivity index (χ4v) is 9.49. The second-order valence-corrected chi connectivity index (χ2v) is 14.0. The van der Waals surface area contributed by atoms with Crippen molar-refractivity contribution in [3.63, 3.8) is 0 Å². The first-order chi connectivity index (χ1) is 17.0. The number of alkyl halides is 4. The van der Waals surface area contributed by atoms with Gasteiger partial charge >= 0.3 is 33.2 Å². The highest BCUT2D eigenvalue weighted by atomic mass is 32.2. The van der Waals surface area contributed by atoms with Crippen LogP contribution in [0.25, 0.3) is 0 Å². The molecule has 4 saturated carbocycles. The van der Waals surface area contributed by atoms with Crippen molar-refractivity contribution in [1.29, 1.82) is 0 Å². The Morgan fingerprint density at radius 2 is 1.59 bits per heavy atom. The van der Waals surface area contributed by atoms with Crippen LogP contribution < -0.4 is 0 Å². The molecule has 1 heterocycles. The second kappa shape index (κ2) is 8.74. The third-order valence-electron chi connectivity index (χ3n) is 8.76. The lowest BCUT2D eigenvalue weighted by Gasteiger charge is -2.31. The molecular formula is C21H26F4O10S2. The molecule has 37 heavy (non-hydrogen) atoms. The van der Waals surface area contributed by atoms with Gasteiger partial charge in [-0.3, -0.25) is 18.3 Å². The number of fused-ring (bicyclic) bond motifs is 3. The fraction of sp³-hybridized carbons (Fsp3) is 0.905. The van der Waals surface area contributed by atoms with E-state index in [0.29, 0.717) is 32.1 Å². The third kappa shape index (κ3) is 4.25. The van der Waals surface area contributed by atoms with Crippen molar-refractivity contribution in [1.82, 2.24) is 0 Å². The van der Waals surface area contributed by atoms with Crippen LogP contribution in [0.5, 0.6) is 0 Å². The first-order valence-electron chi connectivity index (χ1n) is 12.1. The Bertz CT molecular complexity index is 1190. The summed E-state index contributed by atoms with van der Waals surface area (Å²) in [5.74, 6) is -9.22. The van der Waals surface area contributed by atoms with Crippen molar-refractivity contribution in [3.8, 4) is 0 Å². The van der Waals surface area contributed by atoms with Crippen molar-refractivity contribution < 1.29 is 62.2 Å². The first-order valence-corrected chi connectivity index (χ1v) is 15.0. The van der Waals surface area contributed by atoms with Crippen molar-refractivity contribution >= 4 is 32.2 Å². The van der Waals surface area contributed by atoms with E-state index in [1.165, 1.54) is 0 Å². The largest absolute Gasteiger partial charge is 0.465 e. The number of hydrogen-bond donors (Lipinski definition) is 1. The zero-order chi connectivity index (χ0) is 27.1. The van der Waals surface area contributed by atoms with Crippen LogP contribution in [-0.4, -0.2) is 68.6 Å². The third-order valence-corrected chi connectivity index (χ3v) is 11.5. The van der Waals surface area contributed by atoms with Crippen molar-refractivity contribution in [3.05, 3.63) is 0 Å². The number of carbonyl (C=O) groups excluding carboxylic acids is 2. The zero-order valence-corrected chi connectivity index (χ0v) is 20.9. The highest BCUT2D eigenvalue weighted by Gasteiger charge is 2.67. The highest BCUT2D eigenvalue weighted by Crippen LogP contribution is 2.57. The molecule has 1 N–H and O–H groups in total. The van der Waals surface area contributed by atoms with Gasteiger partial charge in [0.1, 0.15) is 12.2 Å². The predicted molar refractivity (Wildman–Crippen MR) is 113 cm³/mol. The van der Waals surface area contributed by atoms with Crippen LogP contribution in [0.15, 0.2) is 0 Å². The molecule has 0 amide bonds. The molecule has 9 unspecified atom stereocenters. The normalized spacial score (nSPS) is 39.8. The van der Waals surface area contributed by atoms with Gasteiger partial charge in [0.05, 0.1) is 23.7 Å². The summed E-state index contributed by atoms with van der Waals surface area (Å²) in [6.45, 7) is -0.729. The van der Waals surface area contributed by atoms with Gasteiger partial charge in [0, 0.05) is 18.3 Å². The average molecular weight is 579 g/mol. The van der Waals surface area contributed by atoms with Crippen LogP contribution in [0, 0.1) is 35.5 Å². The molecule has 0 aromatic carbocycles. The maximum absolute atomic E-state index is 13.6. The quantitative estimate of drug-likeness (QED) is 0.142. The molecule has 5 rings (SSSR count). The summed E-state index contributed by atoms with van der Waals surface area (Å²) < 4.78 is 124. The molecule has 4 aliphatic carbocycles. The van der Waals surface area contributed by atoms with E-state index in [-0.39, 0.29) is 23.7 Å². The van der Waals surface area contributed by atoms with Gasteiger partial charge in [0.15, 0.2) is 0 Å². The van der Waals surface area contributed by atoms with Crippen LogP contribution in [-0.2, 0) is 43.5 Å². The summed E-state index contributed by atoms with van der Waals surface area (Å²) in [6.07, 6.45) is -1.24. The fourth-order valence-electron chi connectivity index (χ4n) is 7.12. The molecular weight excluding hydrogens is 552 g/mol. The van der Waals surface area contributed by atoms with Crippen LogP contribution in [0.2, 0.25) is 0 Å². The summed E-state index contributed by atoms with van der Waals surface area (Å²) in [4.78, 5) is 26.0. The summed E-state index contributed by atoms with van der Waals surface area (Å²) in [6, 6.07) is 0. The first kappa shape index (κ1) is 27.1. The highest BCUT2D eigenvalue weighted by molar-refractivity contribution is 7.87. The van der Waals surface area contributed by atoms with Crippen molar-refractivity contribution in [2.45, 2.75) is 73.6 Å². The molecule has 10 nitrogen and oxygen atoms in total. The lowest BCUT2D eigenvalue weighted by molar-refractivity contribution is -0.173. The molecule has 0 spiro atoms. The SMILES string of the molecule is O=C(OCCCC(F)(F)C(F)(F)S(=O)(=O)O)C1C2CCC(C2)C1C(=O)OC1C2CC3C1OS(=O)(=O)C3C2. The number of ether oxygens (including phenoxy) is 2. The van der Waals surface area contributed by atoms with Gasteiger partial charge in [-0.05, 0) is 50.4 Å². The molecule has 0 aromatic heterocycles. The van der Waals surface area contributed by atoms with E-state index in [0.717, 1.165) is 0 Å². The molecule has 4 bridgehead atoms. The Hall–Kier alpha value is -1.52. The molecule has 1 saturated heterocycles. The lowest BCUT2D eigenvalue weighted by Crippen LogP contribution is -2.46. The minimum Gasteiger partial charge on any atom is -0.465 e. The summed E-state index contributed by atoms with van der Waals surface area (Å²) >= 11 is 0. The van der Waals surface area contributed by atoms with E-state index in [1.807, 2.05) is 0 Å². The maximum atomic E-state index is 13.6. The van der Waals surface area contributed by atoms with Crippen molar-refractivity contribution in [2.75, 3.05) is 6.61 Å². The van der Waals surface area contributed by atoms with Crippen LogP contribution >= 0.6 is 0 Å². The molecule has 1 aliphatic heterocycles. The van der Waals surface area contributed by atoms with Crippen molar-refractivity contribution in [2.24, 2.45) is 35.5 Å². The molecule has 0 aromatic rings. The van der Waals surface area contributed by atoms with E-state index in [9.17, 15) is 44.0 Å². The monoisotopic (exact) mass is 578 g/mol. The van der Waals surface area contributed by atoms with E-state index < -0.39 is 92.1 Å². The van der Waals surface area contributed by atoms with Gasteiger partial charge in [0.2, 0.25) is 0 Å². The van der Waals surface area contributed by atoms with Crippen LogP contribution in [0.4, 0.5) is 17.6 Å². The van der Waals surface area contributed by atoms with Gasteiger partial charge < -0.3 is 9.47 Å². The number of rotatable bonds is 9. The molecule has 9 atom stereocenters. The lowest BCUT2D eigenvalue weighted by atomic mass is 9.79. The Labute approximate surface area is 210 Å². The van der Waals surface area contributed by atoms with Gasteiger partial charge in [0.25, 0.3) is 10.1 Å². The molecule has 0 radical (unpaired) electrons. The Kier molecular flexibility index (Phi) is 6.40. The predicted octanol–water partition coefficient (Wildman–Crippen LogP) is 2.14. The van der Waals surface area contributed by atoms with Crippen LogP contribution in [0.1, 0.15) is 44.9 Å². The number of halogens is 4. The Balaban J connectivity index is 1.19. The van der Waals surface area contributed by atoms with E-state index in [4.69, 9.17) is 18.2 Å². The summed E-state index contributed by atoms with van der Waals surface area (Å²) in [5, 5.41) is -6.29. The van der Waals surface area contributed by atoms with E-state index >= 15 is 0 Å². The molecule has 5 fully saturated rings. The van der Waals surface area contributed by atoms with Gasteiger partial charge in [-0.15, -0.1) is 0 Å². The molecule has 16 heteroatoms. The maximum Gasteiger partial charge on any atom is 0.431 e. The number of hydrogen-bond acceptors (Lipinski definition) is 9. The molecule has 5 aliphatic rings. The van der Waals surface area contributed by atoms with Gasteiger partial charge in [-0.2, -0.15) is 34.4 Å². The standard InChI is InChI=1S/C21H26F4O10S2/c22-20(23,21(24,25)37(30,31)32)4-1-5-33-18(26)14-9-2-3-10(6-9)15(14)19(27)34-16-11-7-12-13(8-11)36(28,29)35-17(12)16/h9-17H,1-8H2,(H,30,31,32). The summed E-state index contributed by atoms with van der Waals surface area (Å²) in [7, 11) is -10.1. The van der Waals surface area contributed by atoms with Crippen LogP contribution in [0.3, 0.4) is 0 Å². The zero-order valence-electron chi connectivity index (χ0n) is 19.3. The summed E-state index contributed by atoms with van der Waals surface area (Å²) in [5.41, 5.74) is 0. The smallest absolute Gasteiger partial charge is 0.431 e. The second-order valence-electron chi connectivity index (χ2n) is 10.7. The molecule has 210 valence electrons. The van der Waals surface area contributed by atoms with E-state index in [2.05, 4.69) is 0 Å². The number of esters is 2. The van der Waals surface area contributed by atoms with Gasteiger partial charge in [-0.25, -0.2) is 0 Å². The Morgan fingerprint density at radius 1 is 0.973 bits per heavy atom. The van der Waals surface area contributed by atoms with E-state index in [1.54, 1.807) is 0 Å². The Morgan fingerprint density at radius 3 is 2.22 bits per heavy atom. The van der Waals surface area contributed by atoms with Gasteiger partial charge in [-0.1, -0.05) is 0 Å². The minimum atomic E-state index is -6.36. The number of carbonyl (C=O) groups is 2. The minimum absolute atomic E-state index is 0.159. The topological polar surface area (TPSA) is 150 Å². The average Bonchev–Trinajstić information content (AvgIpc) is 3.57.